The van der Waals surface area contributed by atoms with Crippen LogP contribution < -0.4 is 10.1 Å². The summed E-state index contributed by atoms with van der Waals surface area (Å²) in [6.45, 7) is 0.825. The van der Waals surface area contributed by atoms with Crippen molar-refractivity contribution in [3.8, 4) is 5.75 Å². The molecular weight excluding hydrogens is 335 g/mol. The van der Waals surface area contributed by atoms with Gasteiger partial charge in [0.1, 0.15) is 11.6 Å². The largest absolute Gasteiger partial charge is 0.497 e. The second-order valence-electron chi connectivity index (χ2n) is 6.82. The number of benzene rings is 2. The molecule has 5 nitrogen and oxygen atoms in total. The van der Waals surface area contributed by atoms with Crippen molar-refractivity contribution in [1.29, 1.82) is 0 Å². The molecule has 2 aromatic carbocycles. The third-order valence-corrected chi connectivity index (χ3v) is 5.29. The molecule has 1 fully saturated rings. The fraction of sp³-hybridized carbons (Fsp3) is 0.300. The van der Waals surface area contributed by atoms with Gasteiger partial charge in [-0.1, -0.05) is 12.1 Å². The van der Waals surface area contributed by atoms with Crippen molar-refractivity contribution in [3.63, 3.8) is 0 Å². The molecule has 1 spiro atoms. The summed E-state index contributed by atoms with van der Waals surface area (Å²) >= 11 is 0. The maximum absolute atomic E-state index is 13.3. The van der Waals surface area contributed by atoms with Gasteiger partial charge in [0.25, 0.3) is 0 Å². The molecule has 0 radical (unpaired) electrons. The average molecular weight is 354 g/mol. The first-order valence-electron chi connectivity index (χ1n) is 8.54. The highest BCUT2D eigenvalue weighted by Gasteiger charge is 2.52. The van der Waals surface area contributed by atoms with Crippen molar-refractivity contribution in [2.75, 3.05) is 25.5 Å². The van der Waals surface area contributed by atoms with Gasteiger partial charge in [0.05, 0.1) is 18.9 Å². The van der Waals surface area contributed by atoms with Gasteiger partial charge in [0, 0.05) is 18.8 Å². The number of carbonyl (C=O) groups is 2. The number of fused-ring (bicyclic) bond motifs is 2. The van der Waals surface area contributed by atoms with Gasteiger partial charge in [0.15, 0.2) is 0 Å². The minimum Gasteiger partial charge on any atom is -0.497 e. The Morgan fingerprint density at radius 2 is 2.15 bits per heavy atom. The molecule has 1 unspecified atom stereocenters. The Labute approximate surface area is 150 Å². The van der Waals surface area contributed by atoms with Gasteiger partial charge >= 0.3 is 0 Å². The smallest absolute Gasteiger partial charge is 0.237 e. The zero-order chi connectivity index (χ0) is 18.3. The lowest BCUT2D eigenvalue weighted by Crippen LogP contribution is -2.39. The normalized spacial score (nSPS) is 21.0. The van der Waals surface area contributed by atoms with Crippen LogP contribution in [0.5, 0.6) is 5.75 Å². The van der Waals surface area contributed by atoms with Crippen LogP contribution >= 0.6 is 0 Å². The summed E-state index contributed by atoms with van der Waals surface area (Å²) in [6.07, 6.45) is 0.689. The number of hydrogen-bond acceptors (Lipinski definition) is 3. The monoisotopic (exact) mass is 354 g/mol. The highest BCUT2D eigenvalue weighted by molar-refractivity contribution is 6.07. The van der Waals surface area contributed by atoms with Gasteiger partial charge in [-0.2, -0.15) is 0 Å². The van der Waals surface area contributed by atoms with Crippen LogP contribution in [0.3, 0.4) is 0 Å². The molecule has 0 aliphatic carbocycles. The number of nitrogens with zero attached hydrogens (tertiary/aromatic N) is 1. The van der Waals surface area contributed by atoms with Crippen LogP contribution in [-0.4, -0.2) is 36.9 Å². The highest BCUT2D eigenvalue weighted by Crippen LogP contribution is 2.45. The molecule has 1 N–H and O–H groups in total. The second kappa shape index (κ2) is 6.12. The number of ether oxygens (including phenoxy) is 1. The topological polar surface area (TPSA) is 58.6 Å². The van der Waals surface area contributed by atoms with Crippen molar-refractivity contribution >= 4 is 17.5 Å². The zero-order valence-electron chi connectivity index (χ0n) is 14.4. The standard InChI is InChI=1S/C20H19FN2O3/c1-26-15-5-6-17-16(11-15)20(19(25)22-17)7-8-23(12-20)18(24)10-13-3-2-4-14(21)9-13/h2-6,9,11H,7-8,10,12H2,1H3,(H,22,25). The van der Waals surface area contributed by atoms with E-state index >= 15 is 0 Å². The molecule has 134 valence electrons. The summed E-state index contributed by atoms with van der Waals surface area (Å²) in [5.74, 6) is 0.145. The average Bonchev–Trinajstić information content (AvgIpc) is 3.19. The Hall–Kier alpha value is -2.89. The van der Waals surface area contributed by atoms with Gasteiger partial charge in [-0.15, -0.1) is 0 Å². The molecule has 0 bridgehead atoms. The van der Waals surface area contributed by atoms with Crippen LogP contribution in [0.25, 0.3) is 0 Å². The third-order valence-electron chi connectivity index (χ3n) is 5.29. The van der Waals surface area contributed by atoms with Crippen LogP contribution in [0.1, 0.15) is 17.5 Å². The summed E-state index contributed by atoms with van der Waals surface area (Å²) < 4.78 is 18.6. The van der Waals surface area contributed by atoms with E-state index in [0.29, 0.717) is 30.8 Å². The lowest BCUT2D eigenvalue weighted by Gasteiger charge is -2.23. The Morgan fingerprint density at radius 1 is 1.31 bits per heavy atom. The van der Waals surface area contributed by atoms with Gasteiger partial charge < -0.3 is 15.0 Å². The molecule has 6 heteroatoms. The summed E-state index contributed by atoms with van der Waals surface area (Å²) in [4.78, 5) is 27.0. The first-order chi connectivity index (χ1) is 12.5. The number of hydrogen-bond donors (Lipinski definition) is 1. The molecule has 2 aliphatic rings. The van der Waals surface area contributed by atoms with Crippen LogP contribution in [0, 0.1) is 5.82 Å². The van der Waals surface area contributed by atoms with Crippen LogP contribution in [0.2, 0.25) is 0 Å². The summed E-state index contributed by atoms with van der Waals surface area (Å²) in [5, 5.41) is 2.92. The quantitative estimate of drug-likeness (QED) is 0.921. The molecule has 2 heterocycles. The van der Waals surface area contributed by atoms with Crippen molar-refractivity contribution in [2.24, 2.45) is 0 Å². The minimum absolute atomic E-state index is 0.0817. The van der Waals surface area contributed by atoms with E-state index in [1.54, 1.807) is 30.2 Å². The van der Waals surface area contributed by atoms with E-state index in [4.69, 9.17) is 4.74 Å². The first-order valence-corrected chi connectivity index (χ1v) is 8.54. The predicted octanol–water partition coefficient (Wildman–Crippen LogP) is 2.50. The van der Waals surface area contributed by atoms with Crippen molar-refractivity contribution in [2.45, 2.75) is 18.3 Å². The van der Waals surface area contributed by atoms with E-state index in [1.807, 2.05) is 12.1 Å². The molecule has 0 saturated carbocycles. The molecular formula is C20H19FN2O3. The van der Waals surface area contributed by atoms with Crippen molar-refractivity contribution in [1.82, 2.24) is 4.90 Å². The number of carbonyl (C=O) groups excluding carboxylic acids is 2. The number of amides is 2. The molecule has 26 heavy (non-hydrogen) atoms. The van der Waals surface area contributed by atoms with Crippen LogP contribution in [0.4, 0.5) is 10.1 Å². The fourth-order valence-electron chi connectivity index (χ4n) is 3.88. The van der Waals surface area contributed by atoms with E-state index in [0.717, 1.165) is 11.3 Å². The van der Waals surface area contributed by atoms with Gasteiger partial charge in [-0.25, -0.2) is 4.39 Å². The molecule has 2 aromatic rings. The number of anilines is 1. The fourth-order valence-corrected chi connectivity index (χ4v) is 3.88. The van der Waals surface area contributed by atoms with E-state index in [-0.39, 0.29) is 24.1 Å². The van der Waals surface area contributed by atoms with Gasteiger partial charge in [-0.3, -0.25) is 9.59 Å². The highest BCUT2D eigenvalue weighted by atomic mass is 19.1. The first kappa shape index (κ1) is 16.6. The molecule has 2 amide bonds. The van der Waals surface area contributed by atoms with Gasteiger partial charge in [0.2, 0.25) is 11.8 Å². The Kier molecular flexibility index (Phi) is 3.90. The second-order valence-corrected chi connectivity index (χ2v) is 6.82. The zero-order valence-corrected chi connectivity index (χ0v) is 14.4. The maximum Gasteiger partial charge on any atom is 0.237 e. The summed E-state index contributed by atoms with van der Waals surface area (Å²) in [7, 11) is 1.59. The minimum atomic E-state index is -0.735. The van der Waals surface area contributed by atoms with Crippen LogP contribution in [-0.2, 0) is 21.4 Å². The molecule has 1 atom stereocenters. The lowest BCUT2D eigenvalue weighted by molar-refractivity contribution is -0.129. The Bertz CT molecular complexity index is 898. The molecule has 1 saturated heterocycles. The third kappa shape index (κ3) is 2.62. The number of nitrogens with one attached hydrogen (secondary N) is 1. The molecule has 4 rings (SSSR count). The van der Waals surface area contributed by atoms with Gasteiger partial charge in [-0.05, 0) is 47.9 Å². The number of rotatable bonds is 3. The number of halogens is 1. The van der Waals surface area contributed by atoms with E-state index in [9.17, 15) is 14.0 Å². The Balaban J connectivity index is 1.57. The summed E-state index contributed by atoms with van der Waals surface area (Å²) in [6, 6.07) is 11.6. The SMILES string of the molecule is COc1ccc2c(c1)C1(CCN(C(=O)Cc3cccc(F)c3)C1)C(=O)N2. The van der Waals surface area contributed by atoms with E-state index in [2.05, 4.69) is 5.32 Å². The van der Waals surface area contributed by atoms with Crippen LogP contribution in [0.15, 0.2) is 42.5 Å². The number of likely N-dealkylation sites (tertiary alicyclic amines) is 1. The maximum atomic E-state index is 13.3. The number of methoxy groups -OCH3 is 1. The molecule has 2 aliphatic heterocycles. The molecule has 0 aromatic heterocycles. The van der Waals surface area contributed by atoms with Crippen molar-refractivity contribution in [3.05, 3.63) is 59.4 Å². The summed E-state index contributed by atoms with van der Waals surface area (Å²) in [5.41, 5.74) is 1.55. The van der Waals surface area contributed by atoms with Crippen molar-refractivity contribution < 1.29 is 18.7 Å². The predicted molar refractivity (Wildman–Crippen MR) is 94.6 cm³/mol. The van der Waals surface area contributed by atoms with E-state index in [1.165, 1.54) is 12.1 Å². The lowest BCUT2D eigenvalue weighted by atomic mass is 9.81. The Morgan fingerprint density at radius 3 is 2.92 bits per heavy atom. The van der Waals surface area contributed by atoms with E-state index < -0.39 is 5.41 Å².